The van der Waals surface area contributed by atoms with Gasteiger partial charge in [0.05, 0.1) is 22.1 Å². The number of fused-ring (bicyclic) bond motifs is 1. The zero-order chi connectivity index (χ0) is 16.7. The molecule has 7 heteroatoms. The van der Waals surface area contributed by atoms with E-state index in [1.54, 1.807) is 11.3 Å². The van der Waals surface area contributed by atoms with Gasteiger partial charge >= 0.3 is 0 Å². The van der Waals surface area contributed by atoms with E-state index in [-0.39, 0.29) is 5.91 Å². The number of para-hydroxylation sites is 1. The zero-order valence-electron chi connectivity index (χ0n) is 13.1. The van der Waals surface area contributed by atoms with E-state index in [0.29, 0.717) is 4.88 Å². The summed E-state index contributed by atoms with van der Waals surface area (Å²) in [5, 5.41) is 5.89. The molecule has 0 fully saturated rings. The molecule has 0 aliphatic rings. The molecule has 4 rings (SSSR count). The molecule has 0 atom stereocenters. The number of aromatic nitrogens is 3. The number of benzene rings is 1. The Balaban J connectivity index is 1.70. The summed E-state index contributed by atoms with van der Waals surface area (Å²) in [5.74, 6) is -0.133. The summed E-state index contributed by atoms with van der Waals surface area (Å²) in [7, 11) is 0. The Labute approximate surface area is 146 Å². The summed E-state index contributed by atoms with van der Waals surface area (Å²) in [5.41, 5.74) is 3.25. The number of aryl methyl sites for hydroxylation is 2. The first-order valence-electron chi connectivity index (χ1n) is 7.39. The van der Waals surface area contributed by atoms with Gasteiger partial charge in [0.15, 0.2) is 4.96 Å². The average Bonchev–Trinajstić information content (AvgIpc) is 3.22. The lowest BCUT2D eigenvalue weighted by Gasteiger charge is -2.08. The van der Waals surface area contributed by atoms with Crippen LogP contribution in [0, 0.1) is 13.8 Å². The molecule has 24 heavy (non-hydrogen) atoms. The van der Waals surface area contributed by atoms with E-state index in [9.17, 15) is 4.79 Å². The van der Waals surface area contributed by atoms with Gasteiger partial charge in [-0.25, -0.2) is 9.97 Å². The smallest absolute Gasteiger partial charge is 0.267 e. The largest absolute Gasteiger partial charge is 0.321 e. The summed E-state index contributed by atoms with van der Waals surface area (Å²) in [6.45, 7) is 3.76. The van der Waals surface area contributed by atoms with Crippen LogP contribution in [0.4, 0.5) is 5.69 Å². The Kier molecular flexibility index (Phi) is 3.66. The lowest BCUT2D eigenvalue weighted by Crippen LogP contribution is -2.12. The van der Waals surface area contributed by atoms with E-state index in [0.717, 1.165) is 32.6 Å². The minimum absolute atomic E-state index is 0.133. The quantitative estimate of drug-likeness (QED) is 0.594. The van der Waals surface area contributed by atoms with Gasteiger partial charge in [-0.1, -0.05) is 18.2 Å². The highest BCUT2D eigenvalue weighted by molar-refractivity contribution is 7.15. The number of hydrogen-bond acceptors (Lipinski definition) is 5. The molecule has 0 aliphatic carbocycles. The Morgan fingerprint density at radius 3 is 2.79 bits per heavy atom. The molecule has 0 saturated carbocycles. The molecule has 1 aromatic carbocycles. The van der Waals surface area contributed by atoms with Crippen LogP contribution < -0.4 is 5.32 Å². The number of anilines is 1. The predicted octanol–water partition coefficient (Wildman–Crippen LogP) is 4.39. The van der Waals surface area contributed by atoms with Crippen molar-refractivity contribution in [1.82, 2.24) is 14.4 Å². The van der Waals surface area contributed by atoms with Crippen molar-refractivity contribution in [2.24, 2.45) is 0 Å². The van der Waals surface area contributed by atoms with Crippen LogP contribution in [0.1, 0.15) is 20.4 Å². The third kappa shape index (κ3) is 2.61. The SMILES string of the molecule is Cc1nc(C)c(C(=O)Nc2ccccc2-c2cn3ccsc3n2)s1. The number of imidazole rings is 1. The van der Waals surface area contributed by atoms with E-state index >= 15 is 0 Å². The minimum Gasteiger partial charge on any atom is -0.321 e. The first-order valence-corrected chi connectivity index (χ1v) is 9.08. The second-order valence-electron chi connectivity index (χ2n) is 5.37. The molecule has 1 amide bonds. The standard InChI is InChI=1S/C17H14N4OS2/c1-10-15(24-11(2)18-10)16(22)19-13-6-4-3-5-12(13)14-9-21-7-8-23-17(21)20-14/h3-9H,1-2H3,(H,19,22). The van der Waals surface area contributed by atoms with Crippen molar-refractivity contribution >= 4 is 39.2 Å². The maximum Gasteiger partial charge on any atom is 0.267 e. The van der Waals surface area contributed by atoms with E-state index in [4.69, 9.17) is 0 Å². The Bertz CT molecular complexity index is 1020. The highest BCUT2D eigenvalue weighted by atomic mass is 32.1. The Hall–Kier alpha value is -2.51. The number of carbonyl (C=O) groups is 1. The van der Waals surface area contributed by atoms with Gasteiger partial charge in [0.1, 0.15) is 4.88 Å². The van der Waals surface area contributed by atoms with Gasteiger partial charge in [0.2, 0.25) is 0 Å². The number of amides is 1. The van der Waals surface area contributed by atoms with Crippen LogP contribution in [-0.2, 0) is 0 Å². The highest BCUT2D eigenvalue weighted by Gasteiger charge is 2.16. The van der Waals surface area contributed by atoms with Crippen molar-refractivity contribution in [1.29, 1.82) is 0 Å². The van der Waals surface area contributed by atoms with Crippen molar-refractivity contribution < 1.29 is 4.79 Å². The molecule has 5 nitrogen and oxygen atoms in total. The number of thiazole rings is 2. The van der Waals surface area contributed by atoms with E-state index < -0.39 is 0 Å². The van der Waals surface area contributed by atoms with Crippen LogP contribution in [0.2, 0.25) is 0 Å². The first kappa shape index (κ1) is 15.0. The summed E-state index contributed by atoms with van der Waals surface area (Å²) in [6.07, 6.45) is 3.94. The van der Waals surface area contributed by atoms with Crippen molar-refractivity contribution in [3.63, 3.8) is 0 Å². The van der Waals surface area contributed by atoms with E-state index in [1.807, 2.05) is 60.3 Å². The third-order valence-corrected chi connectivity index (χ3v) is 5.50. The van der Waals surface area contributed by atoms with E-state index in [1.165, 1.54) is 11.3 Å². The summed E-state index contributed by atoms with van der Waals surface area (Å²) in [6, 6.07) is 7.71. The van der Waals surface area contributed by atoms with Crippen LogP contribution in [0.15, 0.2) is 42.0 Å². The molecule has 1 N–H and O–H groups in total. The van der Waals surface area contributed by atoms with Gasteiger partial charge < -0.3 is 5.32 Å². The van der Waals surface area contributed by atoms with Gasteiger partial charge in [-0.05, 0) is 19.9 Å². The predicted molar refractivity (Wildman–Crippen MR) is 98.0 cm³/mol. The van der Waals surface area contributed by atoms with Crippen molar-refractivity contribution in [3.8, 4) is 11.3 Å². The normalized spacial score (nSPS) is 11.1. The maximum atomic E-state index is 12.6. The third-order valence-electron chi connectivity index (χ3n) is 3.65. The molecule has 0 aliphatic heterocycles. The monoisotopic (exact) mass is 354 g/mol. The fraction of sp³-hybridized carbons (Fsp3) is 0.118. The average molecular weight is 354 g/mol. The molecule has 4 aromatic rings. The fourth-order valence-electron chi connectivity index (χ4n) is 2.59. The molecular formula is C17H14N4OS2. The molecule has 0 unspecified atom stereocenters. The Morgan fingerprint density at radius 2 is 2.04 bits per heavy atom. The van der Waals surface area contributed by atoms with Crippen molar-refractivity contribution in [2.75, 3.05) is 5.32 Å². The highest BCUT2D eigenvalue weighted by Crippen LogP contribution is 2.29. The fourth-order valence-corrected chi connectivity index (χ4v) is 4.11. The Morgan fingerprint density at radius 1 is 1.21 bits per heavy atom. The van der Waals surface area contributed by atoms with Crippen LogP contribution in [0.3, 0.4) is 0 Å². The lowest BCUT2D eigenvalue weighted by molar-refractivity contribution is 0.103. The summed E-state index contributed by atoms with van der Waals surface area (Å²) < 4.78 is 1.98. The van der Waals surface area contributed by atoms with Gasteiger partial charge in [-0.2, -0.15) is 0 Å². The van der Waals surface area contributed by atoms with E-state index in [2.05, 4.69) is 15.3 Å². The molecular weight excluding hydrogens is 340 g/mol. The second-order valence-corrected chi connectivity index (χ2v) is 7.44. The van der Waals surface area contributed by atoms with Crippen LogP contribution in [0.5, 0.6) is 0 Å². The summed E-state index contributed by atoms with van der Waals surface area (Å²) >= 11 is 2.99. The van der Waals surface area contributed by atoms with Gasteiger partial charge in [-0.15, -0.1) is 22.7 Å². The molecule has 0 bridgehead atoms. The zero-order valence-corrected chi connectivity index (χ0v) is 14.7. The van der Waals surface area contributed by atoms with Crippen LogP contribution >= 0.6 is 22.7 Å². The first-order chi connectivity index (χ1) is 11.6. The molecule has 0 spiro atoms. The maximum absolute atomic E-state index is 12.6. The van der Waals surface area contributed by atoms with Crippen LogP contribution in [-0.4, -0.2) is 20.3 Å². The number of nitrogens with one attached hydrogen (secondary N) is 1. The second kappa shape index (κ2) is 5.85. The van der Waals surface area contributed by atoms with Gasteiger partial charge in [0.25, 0.3) is 5.91 Å². The molecule has 0 radical (unpaired) electrons. The lowest BCUT2D eigenvalue weighted by atomic mass is 10.1. The number of carbonyl (C=O) groups excluding carboxylic acids is 1. The molecule has 120 valence electrons. The molecule has 3 heterocycles. The van der Waals surface area contributed by atoms with Crippen molar-refractivity contribution in [2.45, 2.75) is 13.8 Å². The van der Waals surface area contributed by atoms with Crippen molar-refractivity contribution in [3.05, 3.63) is 57.6 Å². The minimum atomic E-state index is -0.133. The van der Waals surface area contributed by atoms with Gasteiger partial charge in [-0.3, -0.25) is 9.20 Å². The van der Waals surface area contributed by atoms with Crippen LogP contribution in [0.25, 0.3) is 16.2 Å². The number of nitrogens with zero attached hydrogens (tertiary/aromatic N) is 3. The summed E-state index contributed by atoms with van der Waals surface area (Å²) in [4.78, 5) is 23.1. The van der Waals surface area contributed by atoms with Gasteiger partial charge in [0, 0.05) is 23.3 Å². The number of hydrogen-bond donors (Lipinski definition) is 1. The topological polar surface area (TPSA) is 59.3 Å². The molecule has 0 saturated heterocycles. The number of rotatable bonds is 3. The molecule has 3 aromatic heterocycles.